The highest BCUT2D eigenvalue weighted by molar-refractivity contribution is 7.79. The van der Waals surface area contributed by atoms with Gasteiger partial charge in [0, 0.05) is 28.3 Å². The summed E-state index contributed by atoms with van der Waals surface area (Å²) < 4.78 is 28.1. The molecule has 2 amide bonds. The van der Waals surface area contributed by atoms with Crippen molar-refractivity contribution in [2.75, 3.05) is 12.4 Å². The first kappa shape index (κ1) is 27.6. The lowest BCUT2D eigenvalue weighted by Crippen LogP contribution is -2.23. The summed E-state index contributed by atoms with van der Waals surface area (Å²) in [6.45, 7) is 0.237. The number of rotatable bonds is 9. The molecule has 1 aromatic heterocycles. The molecule has 1 atom stereocenters. The van der Waals surface area contributed by atoms with E-state index in [1.807, 2.05) is 60.7 Å². The van der Waals surface area contributed by atoms with E-state index in [9.17, 15) is 18.4 Å². The number of nitrogens with one attached hydrogen (secondary N) is 3. The van der Waals surface area contributed by atoms with Gasteiger partial charge in [-0.05, 0) is 70.2 Å². The highest BCUT2D eigenvalue weighted by atomic mass is 32.2. The Hall–Kier alpha value is -4.99. The third-order valence-electron chi connectivity index (χ3n) is 6.51. The summed E-state index contributed by atoms with van der Waals surface area (Å²) in [5.74, 6) is 0.00441. The monoisotopic (exact) mass is 564 g/mol. The van der Waals surface area contributed by atoms with Gasteiger partial charge in [-0.15, -0.1) is 0 Å². The molecular weight excluding hydrogens is 538 g/mol. The molecule has 0 fully saturated rings. The van der Waals surface area contributed by atoms with Gasteiger partial charge in [0.25, 0.3) is 11.8 Å². The molecule has 0 saturated carbocycles. The number of amides is 2. The van der Waals surface area contributed by atoms with Gasteiger partial charge in [0.15, 0.2) is 0 Å². The van der Waals surface area contributed by atoms with Crippen molar-refractivity contribution < 1.29 is 23.1 Å². The summed E-state index contributed by atoms with van der Waals surface area (Å²) in [5.41, 5.74) is 5.18. The molecule has 0 radical (unpaired) electrons. The molecule has 0 bridgehead atoms. The van der Waals surface area contributed by atoms with Crippen LogP contribution in [0.2, 0.25) is 0 Å². The average molecular weight is 565 g/mol. The van der Waals surface area contributed by atoms with Gasteiger partial charge >= 0.3 is 0 Å². The van der Waals surface area contributed by atoms with E-state index in [0.29, 0.717) is 11.3 Å². The Morgan fingerprint density at radius 2 is 1.51 bits per heavy atom. The number of aromatic nitrogens is 1. The van der Waals surface area contributed by atoms with Crippen LogP contribution in [0, 0.1) is 0 Å². The molecule has 0 saturated heterocycles. The van der Waals surface area contributed by atoms with Gasteiger partial charge in [-0.25, -0.2) is 0 Å². The molecular formula is C32H26N3O5S-. The number of anilines is 1. The van der Waals surface area contributed by atoms with E-state index in [-0.39, 0.29) is 23.0 Å². The van der Waals surface area contributed by atoms with Gasteiger partial charge in [0.1, 0.15) is 11.4 Å². The predicted molar refractivity (Wildman–Crippen MR) is 157 cm³/mol. The lowest BCUT2D eigenvalue weighted by atomic mass is 10.0. The molecule has 206 valence electrons. The summed E-state index contributed by atoms with van der Waals surface area (Å²) in [6, 6.07) is 32.1. The number of aromatic amines is 1. The SMILES string of the molecule is COc1ccc(-c2cc(-c3ccccc3)[nH]c2C(=O)NCc2ccc(C(=O)Nc3ccccc3S(=O)[O-])cc2)cc1. The van der Waals surface area contributed by atoms with E-state index in [2.05, 4.69) is 15.6 Å². The number of ether oxygens (including phenoxy) is 1. The lowest BCUT2D eigenvalue weighted by Gasteiger charge is -2.13. The van der Waals surface area contributed by atoms with Crippen LogP contribution in [0.3, 0.4) is 0 Å². The smallest absolute Gasteiger partial charge is 0.268 e. The first-order valence-corrected chi connectivity index (χ1v) is 13.8. The Kier molecular flexibility index (Phi) is 8.38. The Morgan fingerprint density at radius 3 is 2.20 bits per heavy atom. The molecule has 0 aliphatic heterocycles. The summed E-state index contributed by atoms with van der Waals surface area (Å²) in [6.07, 6.45) is 0. The van der Waals surface area contributed by atoms with E-state index >= 15 is 0 Å². The van der Waals surface area contributed by atoms with Crippen LogP contribution in [0.4, 0.5) is 5.69 Å². The number of methoxy groups -OCH3 is 1. The highest BCUT2D eigenvalue weighted by Gasteiger charge is 2.18. The Labute approximate surface area is 239 Å². The van der Waals surface area contributed by atoms with E-state index in [1.54, 1.807) is 43.5 Å². The predicted octanol–water partition coefficient (Wildman–Crippen LogP) is 5.78. The normalized spacial score (nSPS) is 11.5. The molecule has 8 nitrogen and oxygen atoms in total. The second-order valence-electron chi connectivity index (χ2n) is 9.13. The van der Waals surface area contributed by atoms with Gasteiger partial charge in [0.2, 0.25) is 0 Å². The fraction of sp³-hybridized carbons (Fsp3) is 0.0625. The van der Waals surface area contributed by atoms with Crippen LogP contribution in [0.5, 0.6) is 5.75 Å². The maximum atomic E-state index is 13.4. The third kappa shape index (κ3) is 6.43. The Bertz CT molecular complexity index is 1700. The van der Waals surface area contributed by atoms with Gasteiger partial charge in [-0.3, -0.25) is 13.8 Å². The molecule has 9 heteroatoms. The van der Waals surface area contributed by atoms with Gasteiger partial charge in [-0.2, -0.15) is 0 Å². The van der Waals surface area contributed by atoms with Crippen LogP contribution in [-0.2, 0) is 17.6 Å². The van der Waals surface area contributed by atoms with Crippen molar-refractivity contribution >= 4 is 28.6 Å². The van der Waals surface area contributed by atoms with Crippen LogP contribution >= 0.6 is 0 Å². The van der Waals surface area contributed by atoms with Gasteiger partial charge < -0.3 is 24.9 Å². The lowest BCUT2D eigenvalue weighted by molar-refractivity contribution is 0.0946. The van der Waals surface area contributed by atoms with Gasteiger partial charge in [0.05, 0.1) is 12.8 Å². The number of carbonyl (C=O) groups excluding carboxylic acids is 2. The summed E-state index contributed by atoms with van der Waals surface area (Å²) in [4.78, 5) is 29.3. The number of hydrogen-bond acceptors (Lipinski definition) is 5. The zero-order valence-electron chi connectivity index (χ0n) is 22.0. The van der Waals surface area contributed by atoms with E-state index < -0.39 is 17.0 Å². The van der Waals surface area contributed by atoms with E-state index in [0.717, 1.165) is 33.7 Å². The minimum atomic E-state index is -2.48. The van der Waals surface area contributed by atoms with Crippen LogP contribution < -0.4 is 15.4 Å². The fourth-order valence-electron chi connectivity index (χ4n) is 4.36. The first-order chi connectivity index (χ1) is 19.9. The maximum Gasteiger partial charge on any atom is 0.268 e. The third-order valence-corrected chi connectivity index (χ3v) is 7.23. The Balaban J connectivity index is 1.31. The minimum absolute atomic E-state index is 0.00827. The largest absolute Gasteiger partial charge is 0.768 e. The summed E-state index contributed by atoms with van der Waals surface area (Å²) >= 11 is -2.48. The van der Waals surface area contributed by atoms with Crippen LogP contribution in [0.25, 0.3) is 22.4 Å². The summed E-state index contributed by atoms with van der Waals surface area (Å²) in [7, 11) is 1.61. The number of carbonyl (C=O) groups is 2. The molecule has 1 heterocycles. The van der Waals surface area contributed by atoms with Crippen molar-refractivity contribution in [2.24, 2.45) is 0 Å². The van der Waals surface area contributed by atoms with Gasteiger partial charge in [-0.1, -0.05) is 66.7 Å². The molecule has 5 aromatic rings. The van der Waals surface area contributed by atoms with Crippen LogP contribution in [-0.4, -0.2) is 32.7 Å². The second kappa shape index (κ2) is 12.5. The number of H-pyrrole nitrogens is 1. The molecule has 3 N–H and O–H groups in total. The van der Waals surface area contributed by atoms with Crippen LogP contribution in [0.15, 0.2) is 114 Å². The van der Waals surface area contributed by atoms with Crippen LogP contribution in [0.1, 0.15) is 26.4 Å². The molecule has 0 aliphatic carbocycles. The van der Waals surface area contributed by atoms with Crippen molar-refractivity contribution in [1.82, 2.24) is 10.3 Å². The maximum absolute atomic E-state index is 13.4. The van der Waals surface area contributed by atoms with Crippen molar-refractivity contribution in [3.63, 3.8) is 0 Å². The zero-order valence-corrected chi connectivity index (χ0v) is 22.9. The quantitative estimate of drug-likeness (QED) is 0.196. The zero-order chi connectivity index (χ0) is 28.8. The average Bonchev–Trinajstić information content (AvgIpc) is 3.46. The fourth-order valence-corrected chi connectivity index (χ4v) is 4.85. The first-order valence-electron chi connectivity index (χ1n) is 12.7. The van der Waals surface area contributed by atoms with E-state index in [1.165, 1.54) is 12.1 Å². The number of para-hydroxylation sites is 1. The molecule has 0 spiro atoms. The highest BCUT2D eigenvalue weighted by Crippen LogP contribution is 2.31. The molecule has 4 aromatic carbocycles. The van der Waals surface area contributed by atoms with Crippen molar-refractivity contribution in [2.45, 2.75) is 11.4 Å². The summed E-state index contributed by atoms with van der Waals surface area (Å²) in [5, 5.41) is 5.59. The molecule has 0 aliphatic rings. The van der Waals surface area contributed by atoms with Crippen molar-refractivity contribution in [3.8, 4) is 28.1 Å². The topological polar surface area (TPSA) is 123 Å². The van der Waals surface area contributed by atoms with Crippen molar-refractivity contribution in [1.29, 1.82) is 0 Å². The number of benzene rings is 4. The Morgan fingerprint density at radius 1 is 0.829 bits per heavy atom. The molecule has 5 rings (SSSR count). The molecule has 41 heavy (non-hydrogen) atoms. The standard InChI is InChI=1S/C32H27N3O5S/c1-40-25-17-15-22(16-18-25)26-19-28(23-7-3-2-4-8-23)34-30(26)32(37)33-20-21-11-13-24(14-12-21)31(36)35-27-9-5-6-10-29(27)41(38)39/h2-19,34H,20H2,1H3,(H,33,37)(H,35,36)(H,38,39)/p-1. The molecule has 1 unspecified atom stereocenters. The van der Waals surface area contributed by atoms with Crippen molar-refractivity contribution in [3.05, 3.63) is 126 Å². The second-order valence-corrected chi connectivity index (χ2v) is 10.0. The number of hydrogen-bond donors (Lipinski definition) is 3. The van der Waals surface area contributed by atoms with E-state index in [4.69, 9.17) is 4.74 Å². The minimum Gasteiger partial charge on any atom is -0.768 e.